The quantitative estimate of drug-likeness (QED) is 0.651. The van der Waals surface area contributed by atoms with Crippen molar-refractivity contribution in [2.45, 2.75) is 46.5 Å². The number of hydrogen-bond acceptors (Lipinski definition) is 5. The van der Waals surface area contributed by atoms with Gasteiger partial charge in [0.05, 0.1) is 0 Å². The van der Waals surface area contributed by atoms with Gasteiger partial charge in [-0.2, -0.15) is 0 Å². The number of carbonyl (C=O) groups excluding carboxylic acids is 1. The van der Waals surface area contributed by atoms with E-state index in [-0.39, 0.29) is 11.8 Å². The number of rotatable bonds is 9. The molecule has 0 aromatic carbocycles. The van der Waals surface area contributed by atoms with Crippen LogP contribution in [0.4, 0.5) is 11.6 Å². The number of aromatic nitrogens is 2. The van der Waals surface area contributed by atoms with E-state index in [1.165, 1.54) is 0 Å². The van der Waals surface area contributed by atoms with Crippen molar-refractivity contribution in [3.05, 3.63) is 11.9 Å². The molecule has 0 radical (unpaired) electrons. The highest BCUT2D eigenvalue weighted by Gasteiger charge is 2.08. The van der Waals surface area contributed by atoms with Crippen LogP contribution in [0.5, 0.6) is 0 Å². The van der Waals surface area contributed by atoms with Crippen molar-refractivity contribution in [2.24, 2.45) is 0 Å². The Bertz CT molecular complexity index is 448. The first-order chi connectivity index (χ1) is 10.1. The molecular weight excluding hydrogens is 266 g/mol. The lowest BCUT2D eigenvalue weighted by atomic mass is 10.2. The normalized spacial score (nSPS) is 10.5. The largest absolute Gasteiger partial charge is 0.370 e. The monoisotopic (exact) mass is 293 g/mol. The molecule has 0 bridgehead atoms. The summed E-state index contributed by atoms with van der Waals surface area (Å²) in [5, 5.41) is 9.25. The number of nitrogens with zero attached hydrogens (tertiary/aromatic N) is 2. The number of anilines is 2. The Morgan fingerprint density at radius 1 is 1.14 bits per heavy atom. The zero-order chi connectivity index (χ0) is 15.7. The molecule has 0 aliphatic rings. The third-order valence-electron chi connectivity index (χ3n) is 2.85. The molecular formula is C15H27N5O. The van der Waals surface area contributed by atoms with Crippen molar-refractivity contribution >= 4 is 17.5 Å². The first kappa shape index (κ1) is 17.2. The van der Waals surface area contributed by atoms with Crippen LogP contribution in [-0.2, 0) is 4.79 Å². The number of carbonyl (C=O) groups is 1. The highest BCUT2D eigenvalue weighted by molar-refractivity contribution is 5.76. The second-order valence-corrected chi connectivity index (χ2v) is 5.21. The molecule has 1 heterocycles. The molecule has 21 heavy (non-hydrogen) atoms. The summed E-state index contributed by atoms with van der Waals surface area (Å²) in [5.41, 5.74) is 0. The van der Waals surface area contributed by atoms with Crippen LogP contribution in [0.1, 0.15) is 52.3 Å². The number of amides is 1. The van der Waals surface area contributed by atoms with E-state index >= 15 is 0 Å². The van der Waals surface area contributed by atoms with E-state index in [0.29, 0.717) is 13.0 Å². The van der Waals surface area contributed by atoms with E-state index in [4.69, 9.17) is 0 Å². The Hall–Kier alpha value is -1.85. The summed E-state index contributed by atoms with van der Waals surface area (Å²) < 4.78 is 0. The van der Waals surface area contributed by atoms with Gasteiger partial charge in [0.1, 0.15) is 17.5 Å². The Kier molecular flexibility index (Phi) is 7.50. The van der Waals surface area contributed by atoms with Gasteiger partial charge in [0.15, 0.2) is 0 Å². The van der Waals surface area contributed by atoms with E-state index in [0.717, 1.165) is 37.0 Å². The average molecular weight is 293 g/mol. The molecule has 0 fully saturated rings. The first-order valence-electron chi connectivity index (χ1n) is 7.70. The van der Waals surface area contributed by atoms with E-state index in [2.05, 4.69) is 39.8 Å². The number of hydrogen-bond donors (Lipinski definition) is 3. The van der Waals surface area contributed by atoms with Gasteiger partial charge < -0.3 is 16.0 Å². The fourth-order valence-electron chi connectivity index (χ4n) is 1.74. The van der Waals surface area contributed by atoms with Crippen LogP contribution in [0.25, 0.3) is 0 Å². The molecule has 6 heteroatoms. The Labute approximate surface area is 127 Å². The lowest BCUT2D eigenvalue weighted by Gasteiger charge is -2.12. The van der Waals surface area contributed by atoms with Gasteiger partial charge >= 0.3 is 0 Å². The van der Waals surface area contributed by atoms with E-state index in [1.54, 1.807) is 0 Å². The van der Waals surface area contributed by atoms with Crippen molar-refractivity contribution < 1.29 is 4.79 Å². The van der Waals surface area contributed by atoms with Crippen LogP contribution in [0.15, 0.2) is 6.07 Å². The number of nitrogens with one attached hydrogen (secondary N) is 3. The van der Waals surface area contributed by atoms with Gasteiger partial charge in [-0.1, -0.05) is 20.8 Å². The zero-order valence-corrected chi connectivity index (χ0v) is 13.5. The standard InChI is InChI=1S/C15H27N5O/c1-5-8-18-14(21)7-9-17-13-10-12(16-6-2)19-15(20-13)11(3)4/h10-11H,5-9H2,1-4H3,(H,18,21)(H2,16,17,19,20). The van der Waals surface area contributed by atoms with Crippen LogP contribution in [0.2, 0.25) is 0 Å². The molecule has 0 spiro atoms. The van der Waals surface area contributed by atoms with Gasteiger partial charge in [0, 0.05) is 38.0 Å². The SMILES string of the molecule is CCCNC(=O)CCNc1cc(NCC)nc(C(C)C)n1. The van der Waals surface area contributed by atoms with Gasteiger partial charge in [0.25, 0.3) is 0 Å². The van der Waals surface area contributed by atoms with Crippen molar-refractivity contribution in [1.82, 2.24) is 15.3 Å². The first-order valence-corrected chi connectivity index (χ1v) is 7.70. The van der Waals surface area contributed by atoms with Crippen molar-refractivity contribution in [3.8, 4) is 0 Å². The molecule has 0 aliphatic heterocycles. The maximum Gasteiger partial charge on any atom is 0.221 e. The van der Waals surface area contributed by atoms with Gasteiger partial charge in [-0.25, -0.2) is 9.97 Å². The van der Waals surface area contributed by atoms with Gasteiger partial charge in [-0.3, -0.25) is 4.79 Å². The Balaban J connectivity index is 2.59. The molecule has 0 saturated carbocycles. The molecule has 0 unspecified atom stereocenters. The second-order valence-electron chi connectivity index (χ2n) is 5.21. The minimum absolute atomic E-state index is 0.0643. The topological polar surface area (TPSA) is 78.9 Å². The zero-order valence-electron chi connectivity index (χ0n) is 13.5. The lowest BCUT2D eigenvalue weighted by Crippen LogP contribution is -2.26. The Morgan fingerprint density at radius 3 is 2.38 bits per heavy atom. The predicted molar refractivity (Wildman–Crippen MR) is 86.7 cm³/mol. The molecule has 1 amide bonds. The summed E-state index contributed by atoms with van der Waals surface area (Å²) in [4.78, 5) is 20.5. The average Bonchev–Trinajstić information content (AvgIpc) is 2.45. The minimum atomic E-state index is 0.0643. The van der Waals surface area contributed by atoms with Crippen LogP contribution < -0.4 is 16.0 Å². The molecule has 1 aromatic rings. The van der Waals surface area contributed by atoms with E-state index < -0.39 is 0 Å². The van der Waals surface area contributed by atoms with Crippen LogP contribution >= 0.6 is 0 Å². The molecule has 0 saturated heterocycles. The molecule has 6 nitrogen and oxygen atoms in total. The predicted octanol–water partition coefficient (Wildman–Crippen LogP) is 2.36. The summed E-state index contributed by atoms with van der Waals surface area (Å²) >= 11 is 0. The summed E-state index contributed by atoms with van der Waals surface area (Å²) in [7, 11) is 0. The maximum absolute atomic E-state index is 11.5. The van der Waals surface area contributed by atoms with E-state index in [1.807, 2.05) is 19.9 Å². The fraction of sp³-hybridized carbons (Fsp3) is 0.667. The third kappa shape index (κ3) is 6.42. The van der Waals surface area contributed by atoms with Crippen molar-refractivity contribution in [1.29, 1.82) is 0 Å². The summed E-state index contributed by atoms with van der Waals surface area (Å²) in [6.07, 6.45) is 1.40. The summed E-state index contributed by atoms with van der Waals surface area (Å²) in [5.74, 6) is 2.69. The summed E-state index contributed by atoms with van der Waals surface area (Å²) in [6, 6.07) is 1.87. The van der Waals surface area contributed by atoms with E-state index in [9.17, 15) is 4.79 Å². The highest BCUT2D eigenvalue weighted by Crippen LogP contribution is 2.16. The summed E-state index contributed by atoms with van der Waals surface area (Å²) in [6.45, 7) is 10.3. The van der Waals surface area contributed by atoms with Crippen molar-refractivity contribution in [2.75, 3.05) is 30.3 Å². The van der Waals surface area contributed by atoms with Crippen LogP contribution in [0, 0.1) is 0 Å². The third-order valence-corrected chi connectivity index (χ3v) is 2.85. The smallest absolute Gasteiger partial charge is 0.221 e. The maximum atomic E-state index is 11.5. The molecule has 0 atom stereocenters. The van der Waals surface area contributed by atoms with Gasteiger partial charge in [0.2, 0.25) is 5.91 Å². The minimum Gasteiger partial charge on any atom is -0.370 e. The molecule has 3 N–H and O–H groups in total. The van der Waals surface area contributed by atoms with Gasteiger partial charge in [-0.15, -0.1) is 0 Å². The van der Waals surface area contributed by atoms with Crippen molar-refractivity contribution in [3.63, 3.8) is 0 Å². The lowest BCUT2D eigenvalue weighted by molar-refractivity contribution is -0.120. The van der Waals surface area contributed by atoms with Crippen LogP contribution in [0.3, 0.4) is 0 Å². The molecule has 118 valence electrons. The molecule has 1 rings (SSSR count). The fourth-order valence-corrected chi connectivity index (χ4v) is 1.74. The Morgan fingerprint density at radius 2 is 1.81 bits per heavy atom. The van der Waals surface area contributed by atoms with Gasteiger partial charge in [-0.05, 0) is 13.3 Å². The molecule has 0 aliphatic carbocycles. The molecule has 1 aromatic heterocycles. The highest BCUT2D eigenvalue weighted by atomic mass is 16.1. The van der Waals surface area contributed by atoms with Crippen LogP contribution in [-0.4, -0.2) is 35.5 Å². The second kappa shape index (κ2) is 9.15.